The van der Waals surface area contributed by atoms with Crippen molar-refractivity contribution in [1.82, 2.24) is 4.31 Å². The smallest absolute Gasteiger partial charge is 0.243 e. The van der Waals surface area contributed by atoms with E-state index in [0.29, 0.717) is 24.4 Å². The Morgan fingerprint density at radius 3 is 2.45 bits per heavy atom. The van der Waals surface area contributed by atoms with Gasteiger partial charge in [-0.1, -0.05) is 23.8 Å². The fraction of sp³-hybridized carbons (Fsp3) is 0.294. The zero-order valence-electron chi connectivity index (χ0n) is 12.7. The molecule has 22 heavy (non-hydrogen) atoms. The van der Waals surface area contributed by atoms with E-state index in [1.165, 1.54) is 0 Å². The van der Waals surface area contributed by atoms with E-state index in [1.54, 1.807) is 23.5 Å². The molecule has 0 unspecified atom stereocenters. The van der Waals surface area contributed by atoms with Crippen LogP contribution in [0.4, 0.5) is 0 Å². The summed E-state index contributed by atoms with van der Waals surface area (Å²) in [4.78, 5) is 0.357. The van der Waals surface area contributed by atoms with Crippen molar-refractivity contribution in [2.24, 2.45) is 0 Å². The number of methoxy groups -OCH3 is 1. The minimum Gasteiger partial charge on any atom is -0.497 e. The fourth-order valence-electron chi connectivity index (χ4n) is 2.69. The Balaban J connectivity index is 1.89. The van der Waals surface area contributed by atoms with Crippen LogP contribution in [0, 0.1) is 6.92 Å². The molecule has 0 saturated carbocycles. The predicted molar refractivity (Wildman–Crippen MR) is 85.5 cm³/mol. The first-order valence-corrected chi connectivity index (χ1v) is 8.67. The summed E-state index contributed by atoms with van der Waals surface area (Å²) in [5.74, 6) is 0.814. The van der Waals surface area contributed by atoms with Gasteiger partial charge in [-0.25, -0.2) is 8.42 Å². The topological polar surface area (TPSA) is 46.6 Å². The molecule has 5 heteroatoms. The highest BCUT2D eigenvalue weighted by Crippen LogP contribution is 2.27. The van der Waals surface area contributed by atoms with E-state index in [1.807, 2.05) is 37.3 Å². The average Bonchev–Trinajstić information content (AvgIpc) is 2.54. The zero-order chi connectivity index (χ0) is 15.7. The van der Waals surface area contributed by atoms with Crippen molar-refractivity contribution in [3.63, 3.8) is 0 Å². The molecule has 0 bridgehead atoms. The van der Waals surface area contributed by atoms with Gasteiger partial charge in [0.1, 0.15) is 5.75 Å². The van der Waals surface area contributed by atoms with Gasteiger partial charge in [-0.15, -0.1) is 0 Å². The Kier molecular flexibility index (Phi) is 3.93. The van der Waals surface area contributed by atoms with Crippen molar-refractivity contribution >= 4 is 10.0 Å². The summed E-state index contributed by atoms with van der Waals surface area (Å²) in [5, 5.41) is 0. The molecular weight excluding hydrogens is 298 g/mol. The molecule has 0 atom stereocenters. The largest absolute Gasteiger partial charge is 0.497 e. The highest BCUT2D eigenvalue weighted by atomic mass is 32.2. The Labute approximate surface area is 131 Å². The van der Waals surface area contributed by atoms with Crippen molar-refractivity contribution in [2.45, 2.75) is 24.8 Å². The first kappa shape index (κ1) is 15.1. The van der Waals surface area contributed by atoms with Crippen molar-refractivity contribution < 1.29 is 13.2 Å². The second-order valence-corrected chi connectivity index (χ2v) is 7.47. The predicted octanol–water partition coefficient (Wildman–Crippen LogP) is 2.75. The lowest BCUT2D eigenvalue weighted by Gasteiger charge is -2.28. The van der Waals surface area contributed by atoms with Gasteiger partial charge in [-0.05, 0) is 48.7 Å². The Bertz CT molecular complexity index is 782. The lowest BCUT2D eigenvalue weighted by Crippen LogP contribution is -2.35. The summed E-state index contributed by atoms with van der Waals surface area (Å²) in [6.07, 6.45) is 0.706. The first-order valence-electron chi connectivity index (χ1n) is 7.23. The second-order valence-electron chi connectivity index (χ2n) is 5.54. The van der Waals surface area contributed by atoms with Gasteiger partial charge in [0.15, 0.2) is 0 Å². The number of hydrogen-bond donors (Lipinski definition) is 0. The summed E-state index contributed by atoms with van der Waals surface area (Å²) < 4.78 is 32.2. The summed E-state index contributed by atoms with van der Waals surface area (Å²) >= 11 is 0. The van der Waals surface area contributed by atoms with Gasteiger partial charge in [-0.2, -0.15) is 4.31 Å². The second kappa shape index (κ2) is 5.74. The van der Waals surface area contributed by atoms with Gasteiger partial charge < -0.3 is 4.74 Å². The zero-order valence-corrected chi connectivity index (χ0v) is 13.6. The minimum absolute atomic E-state index is 0.357. The maximum Gasteiger partial charge on any atom is 0.243 e. The summed E-state index contributed by atoms with van der Waals surface area (Å²) in [6, 6.07) is 12.8. The van der Waals surface area contributed by atoms with E-state index in [4.69, 9.17) is 4.74 Å². The van der Waals surface area contributed by atoms with Crippen LogP contribution in [-0.2, 0) is 23.0 Å². The highest BCUT2D eigenvalue weighted by Gasteiger charge is 2.28. The molecule has 1 aliphatic heterocycles. The standard InChI is InChI=1S/C17H19NO3S/c1-13-3-7-17(8-4-13)22(19,20)18-10-9-14-11-16(21-2)6-5-15(14)12-18/h3-8,11H,9-10,12H2,1-2H3. The summed E-state index contributed by atoms with van der Waals surface area (Å²) in [7, 11) is -1.80. The molecule has 4 nitrogen and oxygen atoms in total. The van der Waals surface area contributed by atoms with Gasteiger partial charge in [-0.3, -0.25) is 0 Å². The number of sulfonamides is 1. The van der Waals surface area contributed by atoms with E-state index in [0.717, 1.165) is 22.4 Å². The molecule has 1 aliphatic rings. The van der Waals surface area contributed by atoms with Crippen LogP contribution in [0.5, 0.6) is 5.75 Å². The number of fused-ring (bicyclic) bond motifs is 1. The number of nitrogens with zero attached hydrogens (tertiary/aromatic N) is 1. The summed E-state index contributed by atoms with van der Waals surface area (Å²) in [6.45, 7) is 2.85. The number of hydrogen-bond acceptors (Lipinski definition) is 3. The van der Waals surface area contributed by atoms with E-state index in [9.17, 15) is 8.42 Å². The van der Waals surface area contributed by atoms with Crippen molar-refractivity contribution in [2.75, 3.05) is 13.7 Å². The average molecular weight is 317 g/mol. The fourth-order valence-corrected chi connectivity index (χ4v) is 4.11. The van der Waals surface area contributed by atoms with Crippen molar-refractivity contribution in [3.05, 3.63) is 59.2 Å². The third-order valence-electron chi connectivity index (χ3n) is 4.05. The van der Waals surface area contributed by atoms with Crippen LogP contribution in [0.2, 0.25) is 0 Å². The molecule has 2 aromatic rings. The molecule has 0 aromatic heterocycles. The summed E-state index contributed by atoms with van der Waals surface area (Å²) in [5.41, 5.74) is 3.26. The van der Waals surface area contributed by atoms with Crippen LogP contribution in [0.1, 0.15) is 16.7 Å². The van der Waals surface area contributed by atoms with Crippen LogP contribution >= 0.6 is 0 Å². The third kappa shape index (κ3) is 2.74. The third-order valence-corrected chi connectivity index (χ3v) is 5.91. The molecule has 116 valence electrons. The molecule has 0 N–H and O–H groups in total. The lowest BCUT2D eigenvalue weighted by molar-refractivity contribution is 0.386. The monoisotopic (exact) mass is 317 g/mol. The Hall–Kier alpha value is -1.85. The van der Waals surface area contributed by atoms with E-state index in [-0.39, 0.29) is 0 Å². The van der Waals surface area contributed by atoms with Gasteiger partial charge in [0, 0.05) is 13.1 Å². The molecule has 0 amide bonds. The minimum atomic E-state index is -3.44. The molecule has 0 saturated heterocycles. The van der Waals surface area contributed by atoms with Gasteiger partial charge in [0.2, 0.25) is 10.0 Å². The molecule has 0 spiro atoms. The normalized spacial score (nSPS) is 15.4. The molecular formula is C17H19NO3S. The van der Waals surface area contributed by atoms with Crippen LogP contribution in [-0.4, -0.2) is 26.4 Å². The Morgan fingerprint density at radius 1 is 1.05 bits per heavy atom. The van der Waals surface area contributed by atoms with E-state index < -0.39 is 10.0 Å². The van der Waals surface area contributed by atoms with Gasteiger partial charge in [0.25, 0.3) is 0 Å². The number of aryl methyl sites for hydroxylation is 1. The van der Waals surface area contributed by atoms with Crippen LogP contribution in [0.3, 0.4) is 0 Å². The maximum atomic E-state index is 12.7. The first-order chi connectivity index (χ1) is 10.5. The molecule has 2 aromatic carbocycles. The number of benzene rings is 2. The molecule has 1 heterocycles. The van der Waals surface area contributed by atoms with Gasteiger partial charge >= 0.3 is 0 Å². The SMILES string of the molecule is COc1ccc2c(c1)CCN(S(=O)(=O)c1ccc(C)cc1)C2. The van der Waals surface area contributed by atoms with Crippen molar-refractivity contribution in [1.29, 1.82) is 0 Å². The van der Waals surface area contributed by atoms with E-state index in [2.05, 4.69) is 0 Å². The highest BCUT2D eigenvalue weighted by molar-refractivity contribution is 7.89. The van der Waals surface area contributed by atoms with Crippen LogP contribution < -0.4 is 4.74 Å². The maximum absolute atomic E-state index is 12.7. The number of rotatable bonds is 3. The Morgan fingerprint density at radius 2 is 1.77 bits per heavy atom. The lowest BCUT2D eigenvalue weighted by atomic mass is 10.0. The van der Waals surface area contributed by atoms with Gasteiger partial charge in [0.05, 0.1) is 12.0 Å². The van der Waals surface area contributed by atoms with Crippen molar-refractivity contribution in [3.8, 4) is 5.75 Å². The molecule has 0 radical (unpaired) electrons. The molecule has 0 aliphatic carbocycles. The van der Waals surface area contributed by atoms with Crippen LogP contribution in [0.15, 0.2) is 47.4 Å². The van der Waals surface area contributed by atoms with E-state index >= 15 is 0 Å². The number of ether oxygens (including phenoxy) is 1. The quantitative estimate of drug-likeness (QED) is 0.874. The molecule has 0 fully saturated rings. The molecule has 3 rings (SSSR count). The van der Waals surface area contributed by atoms with Crippen LogP contribution in [0.25, 0.3) is 0 Å².